The highest BCUT2D eigenvalue weighted by atomic mass is 16.4. The molecule has 0 aromatic carbocycles. The molecule has 13 heavy (non-hydrogen) atoms. The molecule has 5 nitrogen and oxygen atoms in total. The number of aromatic nitrogens is 2. The fourth-order valence-corrected chi connectivity index (χ4v) is 1.57. The average molecular weight is 182 g/mol. The van der Waals surface area contributed by atoms with Gasteiger partial charge in [-0.15, -0.1) is 0 Å². The molecule has 0 radical (unpaired) electrons. The van der Waals surface area contributed by atoms with Crippen LogP contribution in [0.2, 0.25) is 0 Å². The highest BCUT2D eigenvalue weighted by Gasteiger charge is 2.22. The van der Waals surface area contributed by atoms with Crippen LogP contribution in [0.25, 0.3) is 0 Å². The molecule has 1 aliphatic rings. The van der Waals surface area contributed by atoms with Crippen molar-refractivity contribution in [2.75, 3.05) is 0 Å². The minimum absolute atomic E-state index is 0.0101. The van der Waals surface area contributed by atoms with E-state index in [1.165, 1.54) is 6.07 Å². The van der Waals surface area contributed by atoms with Crippen molar-refractivity contribution in [3.8, 4) is 0 Å². The van der Waals surface area contributed by atoms with Gasteiger partial charge in [-0.25, -0.2) is 4.79 Å². The van der Waals surface area contributed by atoms with Gasteiger partial charge < -0.3 is 10.2 Å². The molecule has 1 atom stereocenters. The van der Waals surface area contributed by atoms with Crippen molar-refractivity contribution in [2.45, 2.75) is 25.5 Å². The van der Waals surface area contributed by atoms with Crippen LogP contribution < -0.4 is 0 Å². The Morgan fingerprint density at radius 2 is 2.46 bits per heavy atom. The first-order valence-electron chi connectivity index (χ1n) is 4.17. The molecule has 0 aliphatic carbocycles. The summed E-state index contributed by atoms with van der Waals surface area (Å²) in [5.74, 6) is -1.05. The lowest BCUT2D eigenvalue weighted by Gasteiger charge is -2.18. The van der Waals surface area contributed by atoms with Crippen LogP contribution in [0.5, 0.6) is 0 Å². The first kappa shape index (κ1) is 8.25. The zero-order chi connectivity index (χ0) is 9.42. The van der Waals surface area contributed by atoms with Crippen LogP contribution in [0.1, 0.15) is 35.1 Å². The Morgan fingerprint density at radius 3 is 3.08 bits per heavy atom. The number of nitrogens with zero attached hydrogens (tertiary/aromatic N) is 2. The van der Waals surface area contributed by atoms with E-state index in [4.69, 9.17) is 5.11 Å². The van der Waals surface area contributed by atoms with E-state index in [9.17, 15) is 9.90 Å². The van der Waals surface area contributed by atoms with E-state index >= 15 is 0 Å². The number of hydrogen-bond donors (Lipinski definition) is 2. The van der Waals surface area contributed by atoms with E-state index < -0.39 is 12.1 Å². The van der Waals surface area contributed by atoms with Gasteiger partial charge in [0.25, 0.3) is 0 Å². The van der Waals surface area contributed by atoms with Gasteiger partial charge in [-0.1, -0.05) is 0 Å². The zero-order valence-electron chi connectivity index (χ0n) is 6.97. The molecule has 2 N–H and O–H groups in total. The van der Waals surface area contributed by atoms with Gasteiger partial charge in [-0.2, -0.15) is 5.10 Å². The van der Waals surface area contributed by atoms with Crippen molar-refractivity contribution in [1.29, 1.82) is 0 Å². The predicted octanol–water partition coefficient (Wildman–Crippen LogP) is 0.408. The lowest BCUT2D eigenvalue weighted by molar-refractivity contribution is 0.0689. The molecule has 2 rings (SSSR count). The second kappa shape index (κ2) is 2.85. The summed E-state index contributed by atoms with van der Waals surface area (Å²) in [5.41, 5.74) is 0.625. The molecule has 0 bridgehead atoms. The summed E-state index contributed by atoms with van der Waals surface area (Å²) >= 11 is 0. The monoisotopic (exact) mass is 182 g/mol. The van der Waals surface area contributed by atoms with Crippen LogP contribution in [0.15, 0.2) is 6.07 Å². The molecule has 0 saturated heterocycles. The van der Waals surface area contributed by atoms with Crippen molar-refractivity contribution < 1.29 is 15.0 Å². The largest absolute Gasteiger partial charge is 0.476 e. The lowest BCUT2D eigenvalue weighted by Crippen LogP contribution is -2.15. The zero-order valence-corrected chi connectivity index (χ0v) is 6.97. The average Bonchev–Trinajstić information content (AvgIpc) is 2.49. The maximum Gasteiger partial charge on any atom is 0.356 e. The number of carboxylic acid groups (broad SMARTS) is 1. The van der Waals surface area contributed by atoms with Crippen LogP contribution in [0.3, 0.4) is 0 Å². The fourth-order valence-electron chi connectivity index (χ4n) is 1.57. The molecular weight excluding hydrogens is 172 g/mol. The standard InChI is InChI=1S/C8H10N2O3/c11-7-2-1-3-10-6(7)4-5(9-10)8(12)13/h4,7,11H,1-3H2,(H,12,13)/t7-/m1/s1. The van der Waals surface area contributed by atoms with Crippen LogP contribution in [0, 0.1) is 0 Å². The minimum atomic E-state index is -1.05. The summed E-state index contributed by atoms with van der Waals surface area (Å²) in [6.07, 6.45) is 0.967. The maximum absolute atomic E-state index is 10.6. The Morgan fingerprint density at radius 1 is 1.69 bits per heavy atom. The highest BCUT2D eigenvalue weighted by Crippen LogP contribution is 2.24. The third kappa shape index (κ3) is 1.31. The number of carboxylic acids is 1. The maximum atomic E-state index is 10.6. The summed E-state index contributed by atoms with van der Waals surface area (Å²) in [6.45, 7) is 0.694. The van der Waals surface area contributed by atoms with Gasteiger partial charge in [0.1, 0.15) is 0 Å². The van der Waals surface area contributed by atoms with Gasteiger partial charge in [-0.05, 0) is 18.9 Å². The molecule has 2 heterocycles. The molecular formula is C8H10N2O3. The van der Waals surface area contributed by atoms with Crippen LogP contribution in [0.4, 0.5) is 0 Å². The van der Waals surface area contributed by atoms with Crippen molar-refractivity contribution in [3.63, 3.8) is 0 Å². The molecule has 1 aromatic rings. The highest BCUT2D eigenvalue weighted by molar-refractivity contribution is 5.85. The summed E-state index contributed by atoms with van der Waals surface area (Å²) in [5, 5.41) is 22.0. The van der Waals surface area contributed by atoms with Gasteiger partial charge in [0.05, 0.1) is 11.8 Å². The number of fused-ring (bicyclic) bond motifs is 1. The van der Waals surface area contributed by atoms with E-state index in [0.717, 1.165) is 6.42 Å². The number of hydrogen-bond acceptors (Lipinski definition) is 3. The van der Waals surface area contributed by atoms with Gasteiger partial charge in [-0.3, -0.25) is 4.68 Å². The minimum Gasteiger partial charge on any atom is -0.476 e. The number of rotatable bonds is 1. The third-order valence-electron chi connectivity index (χ3n) is 2.22. The smallest absolute Gasteiger partial charge is 0.356 e. The fraction of sp³-hybridized carbons (Fsp3) is 0.500. The first-order chi connectivity index (χ1) is 6.18. The lowest BCUT2D eigenvalue weighted by atomic mass is 10.1. The molecule has 70 valence electrons. The Labute approximate surface area is 74.6 Å². The van der Waals surface area contributed by atoms with Gasteiger partial charge in [0, 0.05) is 6.54 Å². The Hall–Kier alpha value is -1.36. The molecule has 0 saturated carbocycles. The number of carbonyl (C=O) groups is 1. The topological polar surface area (TPSA) is 75.3 Å². The number of aryl methyl sites for hydroxylation is 1. The SMILES string of the molecule is O=C(O)c1cc2n(n1)CCC[C@H]2O. The first-order valence-corrected chi connectivity index (χ1v) is 4.17. The van der Waals surface area contributed by atoms with Crippen LogP contribution in [-0.2, 0) is 6.54 Å². The van der Waals surface area contributed by atoms with E-state index in [1.807, 2.05) is 0 Å². The van der Waals surface area contributed by atoms with Gasteiger partial charge >= 0.3 is 5.97 Å². The van der Waals surface area contributed by atoms with E-state index in [2.05, 4.69) is 5.10 Å². The third-order valence-corrected chi connectivity index (χ3v) is 2.22. The second-order valence-electron chi connectivity index (χ2n) is 3.14. The van der Waals surface area contributed by atoms with Crippen molar-refractivity contribution in [1.82, 2.24) is 9.78 Å². The molecule has 5 heteroatoms. The molecule has 0 amide bonds. The van der Waals surface area contributed by atoms with Crippen LogP contribution >= 0.6 is 0 Å². The number of aliphatic hydroxyl groups is 1. The molecule has 0 unspecified atom stereocenters. The number of aromatic carboxylic acids is 1. The van der Waals surface area contributed by atoms with Crippen molar-refractivity contribution >= 4 is 5.97 Å². The Kier molecular flexibility index (Phi) is 1.81. The van der Waals surface area contributed by atoms with Gasteiger partial charge in [0.2, 0.25) is 0 Å². The van der Waals surface area contributed by atoms with E-state index in [0.29, 0.717) is 18.7 Å². The summed E-state index contributed by atoms with van der Waals surface area (Å²) in [6, 6.07) is 1.44. The summed E-state index contributed by atoms with van der Waals surface area (Å²) < 4.78 is 1.57. The molecule has 0 fully saturated rings. The second-order valence-corrected chi connectivity index (χ2v) is 3.14. The quantitative estimate of drug-likeness (QED) is 0.659. The molecule has 1 aromatic heterocycles. The van der Waals surface area contributed by atoms with Gasteiger partial charge in [0.15, 0.2) is 5.69 Å². The Bertz CT molecular complexity index is 345. The molecule has 0 spiro atoms. The van der Waals surface area contributed by atoms with Crippen molar-refractivity contribution in [3.05, 3.63) is 17.5 Å². The summed E-state index contributed by atoms with van der Waals surface area (Å²) in [4.78, 5) is 10.6. The number of aliphatic hydroxyl groups excluding tert-OH is 1. The summed E-state index contributed by atoms with van der Waals surface area (Å²) in [7, 11) is 0. The Balaban J connectivity index is 2.42. The van der Waals surface area contributed by atoms with Crippen molar-refractivity contribution in [2.24, 2.45) is 0 Å². The normalized spacial score (nSPS) is 21.2. The van der Waals surface area contributed by atoms with E-state index in [1.54, 1.807) is 4.68 Å². The van der Waals surface area contributed by atoms with Crippen LogP contribution in [-0.4, -0.2) is 26.0 Å². The molecule has 1 aliphatic heterocycles. The predicted molar refractivity (Wildman–Crippen MR) is 43.4 cm³/mol. The van der Waals surface area contributed by atoms with E-state index in [-0.39, 0.29) is 5.69 Å².